The van der Waals surface area contributed by atoms with Crippen LogP contribution in [0.4, 0.5) is 14.6 Å². The number of piperidine rings is 2. The van der Waals surface area contributed by atoms with Crippen molar-refractivity contribution < 1.29 is 28.5 Å². The summed E-state index contributed by atoms with van der Waals surface area (Å²) < 4.78 is 44.0. The van der Waals surface area contributed by atoms with Gasteiger partial charge in [0, 0.05) is 55.3 Å². The molecular formula is C40H45F2N5O4. The van der Waals surface area contributed by atoms with E-state index in [9.17, 15) is 14.6 Å². The molecule has 4 aliphatic rings. The number of benzene rings is 2. The third-order valence-corrected chi connectivity index (χ3v) is 12.0. The molecule has 0 radical (unpaired) electrons. The molecular weight excluding hydrogens is 652 g/mol. The van der Waals surface area contributed by atoms with Crippen molar-refractivity contribution in [2.24, 2.45) is 11.3 Å². The van der Waals surface area contributed by atoms with E-state index in [1.54, 1.807) is 14.0 Å². The zero-order valence-electron chi connectivity index (χ0n) is 29.3. The van der Waals surface area contributed by atoms with E-state index >= 15 is 4.39 Å². The van der Waals surface area contributed by atoms with Gasteiger partial charge in [0.25, 0.3) is 0 Å². The van der Waals surface area contributed by atoms with Crippen molar-refractivity contribution in [3.63, 3.8) is 0 Å². The van der Waals surface area contributed by atoms with Crippen LogP contribution in [0.25, 0.3) is 32.9 Å². The van der Waals surface area contributed by atoms with Gasteiger partial charge < -0.3 is 24.6 Å². The first-order chi connectivity index (χ1) is 24.6. The molecule has 0 bridgehead atoms. The van der Waals surface area contributed by atoms with E-state index in [-0.39, 0.29) is 44.9 Å². The lowest BCUT2D eigenvalue weighted by atomic mass is 9.74. The van der Waals surface area contributed by atoms with Crippen molar-refractivity contribution in [1.82, 2.24) is 19.9 Å². The molecule has 2 aromatic heterocycles. The highest BCUT2D eigenvalue weighted by molar-refractivity contribution is 6.03. The molecule has 4 fully saturated rings. The summed E-state index contributed by atoms with van der Waals surface area (Å²) in [5, 5.41) is 22.7. The van der Waals surface area contributed by atoms with Crippen LogP contribution in [-0.2, 0) is 4.74 Å². The molecule has 51 heavy (non-hydrogen) atoms. The number of methoxy groups -OCH3 is 1. The van der Waals surface area contributed by atoms with E-state index in [4.69, 9.17) is 20.9 Å². The number of ether oxygens (including phenoxy) is 2. The number of β-amino-alcohol motifs (C(OH)–C–C–N with tert-alkyl or cyclic N) is 1. The molecule has 3 atom stereocenters. The Bertz CT molecular complexity index is 2030. The van der Waals surface area contributed by atoms with Crippen LogP contribution in [0.15, 0.2) is 30.5 Å². The zero-order chi connectivity index (χ0) is 35.5. The molecule has 2 saturated heterocycles. The minimum absolute atomic E-state index is 0.0104. The van der Waals surface area contributed by atoms with Crippen molar-refractivity contribution in [1.29, 1.82) is 0 Å². The van der Waals surface area contributed by atoms with E-state index in [0.29, 0.717) is 60.8 Å². The molecule has 11 heteroatoms. The maximum atomic E-state index is 17.0. The Morgan fingerprint density at radius 1 is 1.08 bits per heavy atom. The van der Waals surface area contributed by atoms with E-state index in [2.05, 4.69) is 20.8 Å². The number of nitrogens with zero attached hydrogens (tertiary/aromatic N) is 5. The largest absolute Gasteiger partial charge is 0.508 e. The van der Waals surface area contributed by atoms with E-state index < -0.39 is 17.2 Å². The number of hydrogen-bond donors (Lipinski definition) is 2. The first-order valence-electron chi connectivity index (χ1n) is 18.2. The van der Waals surface area contributed by atoms with Crippen LogP contribution in [0.2, 0.25) is 0 Å². The number of phenols is 1. The summed E-state index contributed by atoms with van der Waals surface area (Å²) in [4.78, 5) is 18.7. The molecule has 3 unspecified atom stereocenters. The van der Waals surface area contributed by atoms with Crippen molar-refractivity contribution in [2.75, 3.05) is 44.8 Å². The molecule has 4 aromatic rings. The highest BCUT2D eigenvalue weighted by Crippen LogP contribution is 2.49. The molecule has 2 aliphatic carbocycles. The third kappa shape index (κ3) is 6.15. The summed E-state index contributed by atoms with van der Waals surface area (Å²) in [5.41, 5.74) is -1.04. The second-order valence-corrected chi connectivity index (χ2v) is 15.5. The minimum Gasteiger partial charge on any atom is -0.508 e. The van der Waals surface area contributed by atoms with Gasteiger partial charge in [-0.25, -0.2) is 8.78 Å². The Balaban J connectivity index is 1.18. The standard InChI is InChI=1S/C40H45F2N5O4/c1-4-28-31(41)10-9-25-18-26(48)19-29(33(25)28)35-34(42)36-30(20-43-35)37(47-15-6-11-39(2,49)22-47)45-38(44-36)51-23-40-12-5-8-32(40)46(14-7-13-40)21-24-16-27(17-24)50-3/h1,9-10,18-20,24,27,32,48-49H,5-8,11-17,21-23H2,2-3H3. The van der Waals surface area contributed by atoms with Crippen LogP contribution >= 0.6 is 0 Å². The Hall–Kier alpha value is -4.11. The summed E-state index contributed by atoms with van der Waals surface area (Å²) in [6.45, 7) is 5.29. The maximum Gasteiger partial charge on any atom is 0.319 e. The summed E-state index contributed by atoms with van der Waals surface area (Å²) in [6, 6.07) is 5.99. The lowest BCUT2D eigenvalue weighted by Gasteiger charge is -2.48. The number of aliphatic hydroxyl groups is 1. The van der Waals surface area contributed by atoms with Crippen LogP contribution in [0, 0.1) is 35.3 Å². The molecule has 8 rings (SSSR count). The summed E-state index contributed by atoms with van der Waals surface area (Å²) >= 11 is 0. The molecule has 0 spiro atoms. The van der Waals surface area contributed by atoms with Gasteiger partial charge in [0.2, 0.25) is 0 Å². The Labute approximate surface area is 297 Å². The van der Waals surface area contributed by atoms with E-state index in [1.165, 1.54) is 30.5 Å². The summed E-state index contributed by atoms with van der Waals surface area (Å²) in [6.07, 6.45) is 16.6. The maximum absolute atomic E-state index is 17.0. The number of rotatable bonds is 8. The van der Waals surface area contributed by atoms with Gasteiger partial charge in [-0.1, -0.05) is 18.4 Å². The van der Waals surface area contributed by atoms with Gasteiger partial charge in [-0.05, 0) is 94.3 Å². The number of phenolic OH excluding ortho intramolecular Hbond substituents is 1. The Morgan fingerprint density at radius 3 is 2.67 bits per heavy atom. The van der Waals surface area contributed by atoms with Gasteiger partial charge in [-0.15, -0.1) is 6.42 Å². The van der Waals surface area contributed by atoms with E-state index in [1.807, 2.05) is 4.90 Å². The Kier molecular flexibility index (Phi) is 8.76. The molecule has 2 N–H and O–H groups in total. The fourth-order valence-corrected chi connectivity index (χ4v) is 9.46. The molecule has 2 aliphatic heterocycles. The second kappa shape index (κ2) is 13.1. The van der Waals surface area contributed by atoms with Crippen molar-refractivity contribution in [3.8, 4) is 35.4 Å². The lowest BCUT2D eigenvalue weighted by Crippen LogP contribution is -2.54. The van der Waals surface area contributed by atoms with Gasteiger partial charge in [-0.2, -0.15) is 9.97 Å². The van der Waals surface area contributed by atoms with Gasteiger partial charge in [-0.3, -0.25) is 9.88 Å². The number of aromatic hydroxyl groups is 1. The van der Waals surface area contributed by atoms with Crippen LogP contribution < -0.4 is 9.64 Å². The first-order valence-corrected chi connectivity index (χ1v) is 18.2. The topological polar surface area (TPSA) is 104 Å². The number of likely N-dealkylation sites (tertiary alicyclic amines) is 1. The smallest absolute Gasteiger partial charge is 0.319 e. The number of fused-ring (bicyclic) bond motifs is 3. The number of aromatic nitrogens is 3. The van der Waals surface area contributed by atoms with E-state index in [0.717, 1.165) is 64.5 Å². The lowest BCUT2D eigenvalue weighted by molar-refractivity contribution is -0.0457. The highest BCUT2D eigenvalue weighted by Gasteiger charge is 2.49. The summed E-state index contributed by atoms with van der Waals surface area (Å²) in [7, 11) is 1.79. The average Bonchev–Trinajstić information content (AvgIpc) is 3.53. The highest BCUT2D eigenvalue weighted by atomic mass is 19.1. The van der Waals surface area contributed by atoms with Crippen LogP contribution in [0.1, 0.15) is 70.3 Å². The minimum atomic E-state index is -0.954. The predicted octanol–water partition coefficient (Wildman–Crippen LogP) is 6.60. The number of terminal acetylenes is 1. The molecule has 2 aromatic carbocycles. The van der Waals surface area contributed by atoms with Gasteiger partial charge in [0.15, 0.2) is 5.82 Å². The third-order valence-electron chi connectivity index (χ3n) is 12.0. The first kappa shape index (κ1) is 34.0. The normalized spacial score (nSPS) is 28.1. The van der Waals surface area contributed by atoms with Crippen molar-refractivity contribution in [2.45, 2.75) is 82.5 Å². The number of anilines is 1. The fourth-order valence-electron chi connectivity index (χ4n) is 9.46. The van der Waals surface area contributed by atoms with Gasteiger partial charge in [0.05, 0.1) is 29.3 Å². The molecule has 268 valence electrons. The van der Waals surface area contributed by atoms with Crippen LogP contribution in [0.3, 0.4) is 0 Å². The zero-order valence-corrected chi connectivity index (χ0v) is 29.3. The molecule has 2 saturated carbocycles. The van der Waals surface area contributed by atoms with Crippen LogP contribution in [0.5, 0.6) is 11.8 Å². The summed E-state index contributed by atoms with van der Waals surface area (Å²) in [5.74, 6) is 1.95. The number of halogens is 2. The quantitative estimate of drug-likeness (QED) is 0.197. The second-order valence-electron chi connectivity index (χ2n) is 15.5. The van der Waals surface area contributed by atoms with Gasteiger partial charge >= 0.3 is 6.01 Å². The van der Waals surface area contributed by atoms with Crippen molar-refractivity contribution >= 4 is 27.5 Å². The molecule has 0 amide bonds. The number of pyridine rings is 1. The SMILES string of the molecule is C#Cc1c(F)ccc2cc(O)cc(-c3ncc4c(N5CCCC(C)(O)C5)nc(OCC56CCCC5N(CC5CC(OC)C5)CCC6)nc4c3F)c12. The molecule has 9 nitrogen and oxygen atoms in total. The number of hydrogen-bond acceptors (Lipinski definition) is 9. The van der Waals surface area contributed by atoms with Crippen LogP contribution in [-0.4, -0.2) is 87.7 Å². The average molecular weight is 698 g/mol. The van der Waals surface area contributed by atoms with Gasteiger partial charge in [0.1, 0.15) is 28.6 Å². The predicted molar refractivity (Wildman–Crippen MR) is 192 cm³/mol. The molecule has 4 heterocycles. The Morgan fingerprint density at radius 2 is 1.88 bits per heavy atom. The fraction of sp³-hybridized carbons (Fsp3) is 0.525. The van der Waals surface area contributed by atoms with Crippen molar-refractivity contribution in [3.05, 3.63) is 47.7 Å². The monoisotopic (exact) mass is 697 g/mol.